The first kappa shape index (κ1) is 41.5. The van der Waals surface area contributed by atoms with Gasteiger partial charge in [0, 0.05) is 32.4 Å². The van der Waals surface area contributed by atoms with Gasteiger partial charge in [0.1, 0.15) is 29.7 Å². The molecule has 11 atom stereocenters. The molecule has 2 aliphatic rings. The first-order valence-electron chi connectivity index (χ1n) is 17.6. The van der Waals surface area contributed by atoms with Gasteiger partial charge in [-0.05, 0) is 75.8 Å². The summed E-state index contributed by atoms with van der Waals surface area (Å²) in [4.78, 5) is 24.7. The number of ether oxygens (including phenoxy) is 4. The van der Waals surface area contributed by atoms with Crippen molar-refractivity contribution < 1.29 is 48.2 Å². The molecule has 280 valence electrons. The van der Waals surface area contributed by atoms with Crippen molar-refractivity contribution in [2.45, 2.75) is 141 Å². The Morgan fingerprint density at radius 3 is 2.58 bits per heavy atom. The van der Waals surface area contributed by atoms with Crippen LogP contribution in [0.1, 0.15) is 85.3 Å². The molecule has 2 aliphatic heterocycles. The van der Waals surface area contributed by atoms with Crippen molar-refractivity contribution in [2.24, 2.45) is 11.8 Å². The summed E-state index contributed by atoms with van der Waals surface area (Å²) in [5, 5.41) is 36.9. The lowest BCUT2D eigenvalue weighted by atomic mass is 9.87. The molecule has 8 unspecified atom stereocenters. The van der Waals surface area contributed by atoms with Gasteiger partial charge >= 0.3 is 11.9 Å². The van der Waals surface area contributed by atoms with Crippen LogP contribution < -0.4 is 5.32 Å². The summed E-state index contributed by atoms with van der Waals surface area (Å²) >= 11 is 0. The molecule has 1 saturated heterocycles. The molecule has 0 saturated carbocycles. The summed E-state index contributed by atoms with van der Waals surface area (Å²) in [6.45, 7) is 14.2. The molecule has 1 aromatic rings. The highest BCUT2D eigenvalue weighted by Gasteiger charge is 2.54. The summed E-state index contributed by atoms with van der Waals surface area (Å²) in [6, 6.07) is 4.49. The molecule has 0 aromatic heterocycles. The average molecular weight is 704 g/mol. The molecule has 10 nitrogen and oxygen atoms in total. The minimum atomic E-state index is -1.47. The van der Waals surface area contributed by atoms with Gasteiger partial charge in [-0.25, -0.2) is 4.39 Å². The quantitative estimate of drug-likeness (QED) is 0.0958. The Morgan fingerprint density at radius 2 is 1.96 bits per heavy atom. The Morgan fingerprint density at radius 1 is 1.26 bits per heavy atom. The zero-order valence-electron chi connectivity index (χ0n) is 31.0. The summed E-state index contributed by atoms with van der Waals surface area (Å²) in [5.74, 6) is -1.78. The number of rotatable bonds is 13. The average Bonchev–Trinajstić information content (AvgIpc) is 3.82. The highest BCUT2D eigenvalue weighted by atomic mass is 19.1. The van der Waals surface area contributed by atoms with Gasteiger partial charge in [0.2, 0.25) is 0 Å². The number of carbonyl (C=O) groups excluding carboxylic acids is 2. The first-order chi connectivity index (χ1) is 23.4. The van der Waals surface area contributed by atoms with Crippen molar-refractivity contribution in [3.63, 3.8) is 0 Å². The van der Waals surface area contributed by atoms with Gasteiger partial charge < -0.3 is 39.6 Å². The summed E-state index contributed by atoms with van der Waals surface area (Å²) < 4.78 is 37.4. The van der Waals surface area contributed by atoms with Gasteiger partial charge in [-0.15, -0.1) is 0 Å². The van der Waals surface area contributed by atoms with Crippen LogP contribution in [0.15, 0.2) is 54.2 Å². The van der Waals surface area contributed by atoms with Gasteiger partial charge in [0.15, 0.2) is 0 Å². The summed E-state index contributed by atoms with van der Waals surface area (Å²) in [5.41, 5.74) is -0.950. The number of halogens is 1. The van der Waals surface area contributed by atoms with E-state index in [0.717, 1.165) is 12.0 Å². The third-order valence-electron chi connectivity index (χ3n) is 9.95. The smallest absolute Gasteiger partial charge is 0.309 e. The molecule has 50 heavy (non-hydrogen) atoms. The molecule has 11 heteroatoms. The Kier molecular flexibility index (Phi) is 15.0. The number of cyclic esters (lactones) is 1. The Hall–Kier alpha value is -2.93. The van der Waals surface area contributed by atoms with Crippen LogP contribution in [0.3, 0.4) is 0 Å². The number of aliphatic hydroxyl groups is 3. The van der Waals surface area contributed by atoms with Crippen LogP contribution in [-0.2, 0) is 35.1 Å². The standard InChI is InChI=1S/C39H58FNO9/c1-10-31(47-9)26(5)35-36(50-35)37(41-22-28-15-13-23(2)30(40)20-28)39(8,46)18-11-12-24(3)34-25(4)14-16-32(48-27(6)42)38(7,45)19-17-29(43)21-33(44)49-34/h11-16,18,20,25-26,29,31-32,34-37,41,43,45-46H,10,17,19,21-22H2,1-9H3/b16-14+,18-11+,24-12+/t25?,26?,29?,31-,32-,34+,35?,36?,37?,38?,39?/m0/s1. The monoisotopic (exact) mass is 703 g/mol. The molecule has 1 fully saturated rings. The number of nitrogens with one attached hydrogen (secondary N) is 1. The largest absolute Gasteiger partial charge is 0.457 e. The first-order valence-corrected chi connectivity index (χ1v) is 17.6. The van der Waals surface area contributed by atoms with E-state index in [4.69, 9.17) is 18.9 Å². The third kappa shape index (κ3) is 11.5. The number of esters is 2. The molecule has 0 spiro atoms. The molecule has 1 aromatic carbocycles. The molecule has 0 aliphatic carbocycles. The second-order valence-electron chi connectivity index (χ2n) is 14.5. The Bertz CT molecular complexity index is 1390. The number of carbonyl (C=O) groups is 2. The molecule has 0 bridgehead atoms. The lowest BCUT2D eigenvalue weighted by Gasteiger charge is -2.32. The van der Waals surface area contributed by atoms with Gasteiger partial charge in [0.25, 0.3) is 0 Å². The van der Waals surface area contributed by atoms with E-state index in [1.165, 1.54) is 19.9 Å². The van der Waals surface area contributed by atoms with Crippen LogP contribution in [0, 0.1) is 24.6 Å². The number of benzene rings is 1. The molecule has 2 heterocycles. The number of hydrogen-bond donors (Lipinski definition) is 4. The lowest BCUT2D eigenvalue weighted by molar-refractivity contribution is -0.157. The Labute approximate surface area is 296 Å². The number of aliphatic hydroxyl groups excluding tert-OH is 1. The van der Waals surface area contributed by atoms with E-state index in [-0.39, 0.29) is 49.3 Å². The fraction of sp³-hybridized carbons (Fsp3) is 0.641. The fourth-order valence-corrected chi connectivity index (χ4v) is 6.64. The molecule has 0 radical (unpaired) electrons. The zero-order chi connectivity index (χ0) is 37.4. The van der Waals surface area contributed by atoms with Crippen molar-refractivity contribution in [3.8, 4) is 0 Å². The predicted molar refractivity (Wildman–Crippen MR) is 188 cm³/mol. The molecule has 3 rings (SSSR count). The van der Waals surface area contributed by atoms with Crippen molar-refractivity contribution in [3.05, 3.63) is 71.1 Å². The Balaban J connectivity index is 1.88. The van der Waals surface area contributed by atoms with E-state index in [1.807, 2.05) is 13.0 Å². The highest BCUT2D eigenvalue weighted by Crippen LogP contribution is 2.39. The van der Waals surface area contributed by atoms with Crippen LogP contribution in [0.5, 0.6) is 0 Å². The molecular formula is C39H58FNO9. The summed E-state index contributed by atoms with van der Waals surface area (Å²) in [6.07, 6.45) is 5.88. The highest BCUT2D eigenvalue weighted by molar-refractivity contribution is 5.70. The van der Waals surface area contributed by atoms with Crippen LogP contribution in [0.4, 0.5) is 4.39 Å². The summed E-state index contributed by atoms with van der Waals surface area (Å²) in [7, 11) is 1.68. The van der Waals surface area contributed by atoms with Crippen LogP contribution in [0.2, 0.25) is 0 Å². The second-order valence-corrected chi connectivity index (χ2v) is 14.5. The van der Waals surface area contributed by atoms with E-state index in [2.05, 4.69) is 19.2 Å². The molecular weight excluding hydrogens is 645 g/mol. The SMILES string of the molecule is CC[C@H](OC)C(C)C1OC1C(NCc1ccc(C)c(F)c1)C(C)(O)/C=C/C=C(\C)[C@H]1OC(=O)CC(O)CCC(C)(O)[C@@H](OC(C)=O)/C=C/C1C. The van der Waals surface area contributed by atoms with Crippen molar-refractivity contribution in [1.82, 2.24) is 5.32 Å². The molecule has 0 amide bonds. The third-order valence-corrected chi connectivity index (χ3v) is 9.95. The topological polar surface area (TPSA) is 147 Å². The number of allylic oxidation sites excluding steroid dienone is 2. The van der Waals surface area contributed by atoms with E-state index >= 15 is 0 Å². The van der Waals surface area contributed by atoms with E-state index < -0.39 is 53.4 Å². The lowest BCUT2D eigenvalue weighted by Crippen LogP contribution is -2.52. The number of hydrogen-bond acceptors (Lipinski definition) is 10. The zero-order valence-corrected chi connectivity index (χ0v) is 31.0. The van der Waals surface area contributed by atoms with Gasteiger partial charge in [-0.3, -0.25) is 9.59 Å². The maximum atomic E-state index is 14.3. The van der Waals surface area contributed by atoms with E-state index in [1.54, 1.807) is 64.3 Å². The van der Waals surface area contributed by atoms with Crippen LogP contribution in [-0.4, -0.2) is 88.2 Å². The second kappa shape index (κ2) is 18.0. The van der Waals surface area contributed by atoms with E-state index in [0.29, 0.717) is 17.7 Å². The van der Waals surface area contributed by atoms with Crippen LogP contribution in [0.25, 0.3) is 0 Å². The normalized spacial score (nSPS) is 31.8. The minimum Gasteiger partial charge on any atom is -0.457 e. The van der Waals surface area contributed by atoms with Gasteiger partial charge in [0.05, 0.1) is 36.4 Å². The minimum absolute atomic E-state index is 0.0100. The number of aryl methyl sites for hydroxylation is 1. The van der Waals surface area contributed by atoms with Crippen molar-refractivity contribution >= 4 is 11.9 Å². The fourth-order valence-electron chi connectivity index (χ4n) is 6.64. The maximum Gasteiger partial charge on any atom is 0.309 e. The number of methoxy groups -OCH3 is 1. The van der Waals surface area contributed by atoms with Crippen LogP contribution >= 0.6 is 0 Å². The van der Waals surface area contributed by atoms with Gasteiger partial charge in [-0.2, -0.15) is 0 Å². The maximum absolute atomic E-state index is 14.3. The van der Waals surface area contributed by atoms with Crippen molar-refractivity contribution in [1.29, 1.82) is 0 Å². The van der Waals surface area contributed by atoms with Crippen molar-refractivity contribution in [2.75, 3.05) is 7.11 Å². The van der Waals surface area contributed by atoms with Gasteiger partial charge in [-0.1, -0.05) is 57.2 Å². The number of epoxide rings is 1. The predicted octanol–water partition coefficient (Wildman–Crippen LogP) is 5.01. The van der Waals surface area contributed by atoms with E-state index in [9.17, 15) is 29.3 Å². The molecule has 4 N–H and O–H groups in total.